The Kier molecular flexibility index (Phi) is 6.02. The highest BCUT2D eigenvalue weighted by Gasteiger charge is 2.34. The number of nitrogens with zero attached hydrogens (tertiary/aromatic N) is 2. The Morgan fingerprint density at radius 2 is 1.85 bits per heavy atom. The van der Waals surface area contributed by atoms with E-state index in [4.69, 9.17) is 11.6 Å². The fourth-order valence-electron chi connectivity index (χ4n) is 4.52. The summed E-state index contributed by atoms with van der Waals surface area (Å²) in [6, 6.07) is 11.4. The molecule has 178 valence electrons. The number of carbonyl (C=O) groups excluding carboxylic acids is 1. The van der Waals surface area contributed by atoms with Crippen molar-refractivity contribution < 1.29 is 13.2 Å². The maximum Gasteiger partial charge on any atom is 0.252 e. The second-order valence-corrected chi connectivity index (χ2v) is 11.8. The van der Waals surface area contributed by atoms with Crippen LogP contribution in [0.25, 0.3) is 10.9 Å². The number of benzene rings is 2. The van der Waals surface area contributed by atoms with Crippen LogP contribution in [0.5, 0.6) is 0 Å². The Labute approximate surface area is 205 Å². The van der Waals surface area contributed by atoms with Gasteiger partial charge in [-0.1, -0.05) is 23.7 Å². The van der Waals surface area contributed by atoms with E-state index in [1.807, 2.05) is 36.4 Å². The van der Waals surface area contributed by atoms with E-state index in [0.29, 0.717) is 46.6 Å². The molecule has 0 spiro atoms. The third-order valence-corrected chi connectivity index (χ3v) is 8.06. The van der Waals surface area contributed by atoms with Gasteiger partial charge >= 0.3 is 0 Å². The van der Waals surface area contributed by atoms with Gasteiger partial charge in [-0.15, -0.1) is 0 Å². The molecular weight excluding hydrogens is 470 g/mol. The summed E-state index contributed by atoms with van der Waals surface area (Å²) in [6.07, 6.45) is 7.71. The van der Waals surface area contributed by atoms with E-state index < -0.39 is 10.0 Å². The van der Waals surface area contributed by atoms with Gasteiger partial charge in [-0.25, -0.2) is 8.42 Å². The summed E-state index contributed by atoms with van der Waals surface area (Å²) >= 11 is 6.03. The minimum atomic E-state index is -3.44. The molecule has 2 saturated carbocycles. The van der Waals surface area contributed by atoms with Crippen molar-refractivity contribution in [3.8, 4) is 0 Å². The molecule has 8 heteroatoms. The Bertz CT molecular complexity index is 1360. The Morgan fingerprint density at radius 1 is 1.15 bits per heavy atom. The standard InChI is InChI=1S/C26H28ClN3O3S/c1-28-26(31)25-19(11-16-5-9-20(27)10-6-16)14-29-23-13-24(21(12-22(23)25)18-7-8-18)30(34(2,32)33)15-17-3-4-17/h5-6,9-10,12-14,17-18H,3-4,7-8,11,15H2,1-2H3,(H,28,31). The van der Waals surface area contributed by atoms with E-state index in [-0.39, 0.29) is 5.91 Å². The zero-order valence-electron chi connectivity index (χ0n) is 19.3. The molecule has 2 aromatic carbocycles. The van der Waals surface area contributed by atoms with E-state index in [0.717, 1.165) is 47.8 Å². The highest BCUT2D eigenvalue weighted by Crippen LogP contribution is 2.47. The fraction of sp³-hybridized carbons (Fsp3) is 0.385. The molecule has 2 aliphatic carbocycles. The van der Waals surface area contributed by atoms with Crippen LogP contribution >= 0.6 is 11.6 Å². The topological polar surface area (TPSA) is 79.4 Å². The van der Waals surface area contributed by atoms with E-state index in [2.05, 4.69) is 10.3 Å². The van der Waals surface area contributed by atoms with Gasteiger partial charge in [0.05, 0.1) is 23.0 Å². The predicted octanol–water partition coefficient (Wildman–Crippen LogP) is 4.89. The molecule has 2 fully saturated rings. The second kappa shape index (κ2) is 8.86. The molecule has 0 bridgehead atoms. The quantitative estimate of drug-likeness (QED) is 0.480. The molecule has 6 nitrogen and oxygen atoms in total. The first kappa shape index (κ1) is 23.1. The summed E-state index contributed by atoms with van der Waals surface area (Å²) in [4.78, 5) is 17.7. The number of pyridine rings is 1. The second-order valence-electron chi connectivity index (χ2n) is 9.48. The largest absolute Gasteiger partial charge is 0.355 e. The van der Waals surface area contributed by atoms with E-state index >= 15 is 0 Å². The summed E-state index contributed by atoms with van der Waals surface area (Å²) in [7, 11) is -1.82. The average molecular weight is 498 g/mol. The van der Waals surface area contributed by atoms with Crippen molar-refractivity contribution in [3.05, 3.63) is 69.9 Å². The lowest BCUT2D eigenvalue weighted by Gasteiger charge is -2.26. The minimum absolute atomic E-state index is 0.177. The normalized spacial score (nSPS) is 16.0. The summed E-state index contributed by atoms with van der Waals surface area (Å²) < 4.78 is 27.1. The molecule has 34 heavy (non-hydrogen) atoms. The summed E-state index contributed by atoms with van der Waals surface area (Å²) in [5, 5.41) is 4.20. The number of rotatable bonds is 8. The third-order valence-electron chi connectivity index (χ3n) is 6.66. The number of halogens is 1. The molecule has 0 aliphatic heterocycles. The number of fused-ring (bicyclic) bond motifs is 1. The zero-order chi connectivity index (χ0) is 24.0. The van der Waals surface area contributed by atoms with Crippen LogP contribution in [0.2, 0.25) is 5.02 Å². The smallest absolute Gasteiger partial charge is 0.252 e. The van der Waals surface area contributed by atoms with E-state index in [9.17, 15) is 13.2 Å². The van der Waals surface area contributed by atoms with Crippen LogP contribution < -0.4 is 9.62 Å². The van der Waals surface area contributed by atoms with Gasteiger partial charge in [0.15, 0.2) is 0 Å². The van der Waals surface area contributed by atoms with Crippen LogP contribution in [-0.4, -0.2) is 39.2 Å². The fourth-order valence-corrected chi connectivity index (χ4v) is 5.64. The van der Waals surface area contributed by atoms with Crippen molar-refractivity contribution in [3.63, 3.8) is 0 Å². The summed E-state index contributed by atoms with van der Waals surface area (Å²) in [6.45, 7) is 0.501. The number of hydrogen-bond donors (Lipinski definition) is 1. The Hall–Kier alpha value is -2.64. The minimum Gasteiger partial charge on any atom is -0.355 e. The number of hydrogen-bond acceptors (Lipinski definition) is 4. The lowest BCUT2D eigenvalue weighted by molar-refractivity contribution is 0.0964. The van der Waals surface area contributed by atoms with Crippen molar-refractivity contribution in [2.45, 2.75) is 38.0 Å². The molecule has 1 heterocycles. The van der Waals surface area contributed by atoms with Crippen LogP contribution in [0, 0.1) is 5.92 Å². The summed E-state index contributed by atoms with van der Waals surface area (Å²) in [5.41, 5.74) is 4.77. The van der Waals surface area contributed by atoms with Gasteiger partial charge in [0.25, 0.3) is 5.91 Å². The molecule has 0 saturated heterocycles. The molecule has 0 unspecified atom stereocenters. The van der Waals surface area contributed by atoms with Gasteiger partial charge < -0.3 is 5.32 Å². The SMILES string of the molecule is CNC(=O)c1c(Cc2ccc(Cl)cc2)cnc2cc(N(CC3CC3)S(C)(=O)=O)c(C3CC3)cc12. The first-order valence-corrected chi connectivity index (χ1v) is 13.9. The maximum atomic E-state index is 13.1. The molecule has 2 aliphatic rings. The van der Waals surface area contributed by atoms with Crippen molar-refractivity contribution in [1.82, 2.24) is 10.3 Å². The van der Waals surface area contributed by atoms with Crippen LogP contribution in [-0.2, 0) is 16.4 Å². The van der Waals surface area contributed by atoms with Crippen LogP contribution in [0.15, 0.2) is 42.6 Å². The van der Waals surface area contributed by atoms with Gasteiger partial charge in [0, 0.05) is 30.2 Å². The van der Waals surface area contributed by atoms with Crippen LogP contribution in [0.3, 0.4) is 0 Å². The van der Waals surface area contributed by atoms with Gasteiger partial charge in [0.1, 0.15) is 0 Å². The molecule has 5 rings (SSSR count). The number of sulfonamides is 1. The number of anilines is 1. The lowest BCUT2D eigenvalue weighted by Crippen LogP contribution is -2.32. The molecular formula is C26H28ClN3O3S. The molecule has 1 amide bonds. The van der Waals surface area contributed by atoms with Gasteiger partial charge in [0.2, 0.25) is 10.0 Å². The van der Waals surface area contributed by atoms with Crippen molar-refractivity contribution in [2.24, 2.45) is 5.92 Å². The summed E-state index contributed by atoms with van der Waals surface area (Å²) in [5.74, 6) is 0.540. The first-order valence-electron chi connectivity index (χ1n) is 11.6. The number of amides is 1. The number of nitrogens with one attached hydrogen (secondary N) is 1. The molecule has 0 radical (unpaired) electrons. The first-order chi connectivity index (χ1) is 16.2. The highest BCUT2D eigenvalue weighted by molar-refractivity contribution is 7.92. The van der Waals surface area contributed by atoms with Crippen molar-refractivity contribution >= 4 is 44.1 Å². The molecule has 1 N–H and O–H groups in total. The monoisotopic (exact) mass is 497 g/mol. The van der Waals surface area contributed by atoms with Gasteiger partial charge in [-0.05, 0) is 84.9 Å². The van der Waals surface area contributed by atoms with Gasteiger partial charge in [-0.2, -0.15) is 0 Å². The van der Waals surface area contributed by atoms with Crippen LogP contribution in [0.1, 0.15) is 58.6 Å². The van der Waals surface area contributed by atoms with Crippen molar-refractivity contribution in [2.75, 3.05) is 24.2 Å². The number of aromatic nitrogens is 1. The highest BCUT2D eigenvalue weighted by atomic mass is 35.5. The Morgan fingerprint density at radius 3 is 2.44 bits per heavy atom. The van der Waals surface area contributed by atoms with Gasteiger partial charge in [-0.3, -0.25) is 14.1 Å². The third kappa shape index (κ3) is 4.77. The lowest BCUT2D eigenvalue weighted by atomic mass is 9.95. The van der Waals surface area contributed by atoms with E-state index in [1.54, 1.807) is 17.5 Å². The Balaban J connectivity index is 1.67. The molecule has 1 aromatic heterocycles. The molecule has 3 aromatic rings. The van der Waals surface area contributed by atoms with E-state index in [1.165, 1.54) is 6.26 Å². The molecule has 0 atom stereocenters. The predicted molar refractivity (Wildman–Crippen MR) is 136 cm³/mol. The average Bonchev–Trinajstić information content (AvgIpc) is 3.71. The van der Waals surface area contributed by atoms with Crippen molar-refractivity contribution in [1.29, 1.82) is 0 Å². The maximum absolute atomic E-state index is 13.1. The van der Waals surface area contributed by atoms with Crippen LogP contribution in [0.4, 0.5) is 5.69 Å². The number of carbonyl (C=O) groups is 1. The zero-order valence-corrected chi connectivity index (χ0v) is 20.9.